The molecule has 1 atom stereocenters. The standard InChI is InChI=1S/C21H20BrN3O2S2/c22-16-8-6-15(7-9-16)18-13-29-21(24-18)25(12-17-4-3-11-27-17)20(26)14-28-19-5-1-2-10-23-19/h1-2,5-10,13,17H,3-4,11-12,14H2. The number of carbonyl (C=O) groups is 1. The zero-order chi connectivity index (χ0) is 20.1. The van der Waals surface area contributed by atoms with Crippen LogP contribution in [0, 0.1) is 0 Å². The molecule has 0 bridgehead atoms. The maximum absolute atomic E-state index is 13.1. The van der Waals surface area contributed by atoms with Gasteiger partial charge >= 0.3 is 0 Å². The SMILES string of the molecule is O=C(CSc1ccccn1)N(CC1CCCO1)c1nc(-c2ccc(Br)cc2)cs1. The van der Waals surface area contributed by atoms with Gasteiger partial charge in [0.15, 0.2) is 5.13 Å². The Morgan fingerprint density at radius 2 is 2.14 bits per heavy atom. The summed E-state index contributed by atoms with van der Waals surface area (Å²) < 4.78 is 6.81. The summed E-state index contributed by atoms with van der Waals surface area (Å²) in [5.74, 6) is 0.338. The number of hydrogen-bond acceptors (Lipinski definition) is 6. The summed E-state index contributed by atoms with van der Waals surface area (Å²) in [6.45, 7) is 1.30. The highest BCUT2D eigenvalue weighted by Gasteiger charge is 2.26. The lowest BCUT2D eigenvalue weighted by molar-refractivity contribution is -0.116. The number of anilines is 1. The Balaban J connectivity index is 1.51. The molecule has 3 heterocycles. The van der Waals surface area contributed by atoms with Gasteiger partial charge < -0.3 is 4.74 Å². The van der Waals surface area contributed by atoms with Gasteiger partial charge in [-0.2, -0.15) is 0 Å². The molecule has 1 unspecified atom stereocenters. The molecule has 3 aromatic rings. The first kappa shape index (κ1) is 20.5. The van der Waals surface area contributed by atoms with E-state index in [2.05, 4.69) is 20.9 Å². The lowest BCUT2D eigenvalue weighted by atomic mass is 10.2. The molecule has 0 radical (unpaired) electrons. The molecule has 1 aliphatic rings. The lowest BCUT2D eigenvalue weighted by Crippen LogP contribution is -2.38. The van der Waals surface area contributed by atoms with Gasteiger partial charge in [0, 0.05) is 28.2 Å². The molecule has 29 heavy (non-hydrogen) atoms. The van der Waals surface area contributed by atoms with Gasteiger partial charge in [0.2, 0.25) is 5.91 Å². The number of nitrogens with zero attached hydrogens (tertiary/aromatic N) is 3. The molecule has 0 N–H and O–H groups in total. The smallest absolute Gasteiger partial charge is 0.239 e. The van der Waals surface area contributed by atoms with Crippen molar-refractivity contribution in [2.45, 2.75) is 24.0 Å². The van der Waals surface area contributed by atoms with Crippen molar-refractivity contribution >= 4 is 50.1 Å². The van der Waals surface area contributed by atoms with E-state index in [1.165, 1.54) is 23.1 Å². The van der Waals surface area contributed by atoms with Crippen LogP contribution in [0.4, 0.5) is 5.13 Å². The number of aromatic nitrogens is 2. The molecule has 1 fully saturated rings. The summed E-state index contributed by atoms with van der Waals surface area (Å²) in [4.78, 5) is 23.9. The summed E-state index contributed by atoms with van der Waals surface area (Å²) in [5.41, 5.74) is 1.91. The predicted molar refractivity (Wildman–Crippen MR) is 122 cm³/mol. The van der Waals surface area contributed by atoms with Gasteiger partial charge in [-0.05, 0) is 37.1 Å². The Kier molecular flexibility index (Phi) is 6.97. The Morgan fingerprint density at radius 3 is 2.86 bits per heavy atom. The predicted octanol–water partition coefficient (Wildman–Crippen LogP) is 5.27. The van der Waals surface area contributed by atoms with E-state index < -0.39 is 0 Å². The fourth-order valence-electron chi connectivity index (χ4n) is 3.07. The average molecular weight is 490 g/mol. The van der Waals surface area contributed by atoms with Crippen LogP contribution in [-0.2, 0) is 9.53 Å². The maximum Gasteiger partial charge on any atom is 0.239 e. The minimum Gasteiger partial charge on any atom is -0.376 e. The van der Waals surface area contributed by atoms with Gasteiger partial charge in [0.25, 0.3) is 0 Å². The normalized spacial score (nSPS) is 16.1. The van der Waals surface area contributed by atoms with Gasteiger partial charge in [-0.25, -0.2) is 9.97 Å². The first-order valence-electron chi connectivity index (χ1n) is 9.36. The number of halogens is 1. The zero-order valence-corrected chi connectivity index (χ0v) is 18.9. The van der Waals surface area contributed by atoms with Crippen LogP contribution in [0.3, 0.4) is 0 Å². The van der Waals surface area contributed by atoms with Crippen molar-refractivity contribution in [1.29, 1.82) is 0 Å². The monoisotopic (exact) mass is 489 g/mol. The molecule has 4 rings (SSSR count). The lowest BCUT2D eigenvalue weighted by Gasteiger charge is -2.23. The fourth-order valence-corrected chi connectivity index (χ4v) is 4.93. The molecular weight excluding hydrogens is 470 g/mol. The zero-order valence-electron chi connectivity index (χ0n) is 15.7. The summed E-state index contributed by atoms with van der Waals surface area (Å²) in [5, 5.41) is 3.55. The van der Waals surface area contributed by atoms with Crippen LogP contribution in [0.2, 0.25) is 0 Å². The molecule has 150 valence electrons. The second-order valence-electron chi connectivity index (χ2n) is 6.62. The number of rotatable bonds is 7. The van der Waals surface area contributed by atoms with Crippen molar-refractivity contribution in [2.75, 3.05) is 23.8 Å². The Labute approximate surface area is 186 Å². The molecular formula is C21H20BrN3O2S2. The summed E-state index contributed by atoms with van der Waals surface area (Å²) in [6.07, 6.45) is 3.82. The third kappa shape index (κ3) is 5.45. The van der Waals surface area contributed by atoms with Crippen LogP contribution < -0.4 is 4.90 Å². The fraction of sp³-hybridized carbons (Fsp3) is 0.286. The Bertz CT molecular complexity index is 944. The molecule has 0 saturated carbocycles. The van der Waals surface area contributed by atoms with Crippen LogP contribution in [0.5, 0.6) is 0 Å². The summed E-state index contributed by atoms with van der Waals surface area (Å²) >= 11 is 6.39. The topological polar surface area (TPSA) is 55.3 Å². The molecule has 1 saturated heterocycles. The molecule has 0 aliphatic carbocycles. The van der Waals surface area contributed by atoms with E-state index in [1.54, 1.807) is 11.1 Å². The third-order valence-corrected chi connectivity index (χ3v) is 6.88. The number of amides is 1. The summed E-state index contributed by atoms with van der Waals surface area (Å²) in [7, 11) is 0. The number of ether oxygens (including phenoxy) is 1. The van der Waals surface area contributed by atoms with Crippen molar-refractivity contribution in [3.8, 4) is 11.3 Å². The molecule has 5 nitrogen and oxygen atoms in total. The first-order chi connectivity index (χ1) is 14.2. The number of hydrogen-bond donors (Lipinski definition) is 0. The summed E-state index contributed by atoms with van der Waals surface area (Å²) in [6, 6.07) is 13.7. The molecule has 2 aromatic heterocycles. The quantitative estimate of drug-likeness (QED) is 0.423. The van der Waals surface area contributed by atoms with Crippen LogP contribution in [0.1, 0.15) is 12.8 Å². The minimum atomic E-state index is 0.0212. The van der Waals surface area contributed by atoms with E-state index in [1.807, 2.05) is 47.8 Å². The van der Waals surface area contributed by atoms with Crippen LogP contribution in [0.25, 0.3) is 11.3 Å². The van der Waals surface area contributed by atoms with Crippen LogP contribution in [-0.4, -0.2) is 40.9 Å². The molecule has 1 aromatic carbocycles. The van der Waals surface area contributed by atoms with Gasteiger partial charge in [-0.15, -0.1) is 11.3 Å². The largest absolute Gasteiger partial charge is 0.376 e. The number of benzene rings is 1. The van der Waals surface area contributed by atoms with Gasteiger partial charge in [0.1, 0.15) is 0 Å². The van der Waals surface area contributed by atoms with E-state index >= 15 is 0 Å². The van der Waals surface area contributed by atoms with E-state index in [4.69, 9.17) is 9.72 Å². The molecule has 8 heteroatoms. The Morgan fingerprint density at radius 1 is 1.28 bits per heavy atom. The number of thioether (sulfide) groups is 1. The van der Waals surface area contributed by atoms with Crippen molar-refractivity contribution < 1.29 is 9.53 Å². The third-order valence-electron chi connectivity index (χ3n) is 4.56. The van der Waals surface area contributed by atoms with Crippen LogP contribution in [0.15, 0.2) is 63.5 Å². The number of thiazole rings is 1. The maximum atomic E-state index is 13.1. The highest BCUT2D eigenvalue weighted by atomic mass is 79.9. The molecule has 0 spiro atoms. The van der Waals surface area contributed by atoms with E-state index in [9.17, 15) is 4.79 Å². The van der Waals surface area contributed by atoms with Crippen LogP contribution >= 0.6 is 39.0 Å². The van der Waals surface area contributed by atoms with E-state index in [0.29, 0.717) is 17.4 Å². The Hall–Kier alpha value is -1.74. The molecule has 1 amide bonds. The van der Waals surface area contributed by atoms with Gasteiger partial charge in [-0.1, -0.05) is 45.9 Å². The van der Waals surface area contributed by atoms with E-state index in [0.717, 1.165) is 40.2 Å². The van der Waals surface area contributed by atoms with Crippen molar-refractivity contribution in [3.63, 3.8) is 0 Å². The number of carbonyl (C=O) groups excluding carboxylic acids is 1. The minimum absolute atomic E-state index is 0.0212. The second kappa shape index (κ2) is 9.84. The molecule has 1 aliphatic heterocycles. The van der Waals surface area contributed by atoms with Gasteiger partial charge in [-0.3, -0.25) is 9.69 Å². The van der Waals surface area contributed by atoms with Gasteiger partial charge in [0.05, 0.1) is 29.1 Å². The number of pyridine rings is 1. The average Bonchev–Trinajstić information content (AvgIpc) is 3.44. The van der Waals surface area contributed by atoms with E-state index in [-0.39, 0.29) is 12.0 Å². The first-order valence-corrected chi connectivity index (χ1v) is 12.0. The van der Waals surface area contributed by atoms with Crippen molar-refractivity contribution in [2.24, 2.45) is 0 Å². The second-order valence-corrected chi connectivity index (χ2v) is 9.37. The van der Waals surface area contributed by atoms with Crippen molar-refractivity contribution in [3.05, 3.63) is 58.5 Å². The highest BCUT2D eigenvalue weighted by Crippen LogP contribution is 2.30. The van der Waals surface area contributed by atoms with Crippen molar-refractivity contribution in [1.82, 2.24) is 9.97 Å². The highest BCUT2D eigenvalue weighted by molar-refractivity contribution is 9.10.